The number of hydrazone groups is 1. The number of carbonyl (C=O) groups is 2. The van der Waals surface area contributed by atoms with Gasteiger partial charge < -0.3 is 14.2 Å². The molecule has 1 aromatic heterocycles. The predicted octanol–water partition coefficient (Wildman–Crippen LogP) is 1.60. The molecule has 1 aliphatic rings. The summed E-state index contributed by atoms with van der Waals surface area (Å²) in [5.41, 5.74) is 1.71. The first-order chi connectivity index (χ1) is 13.8. The Balaban J connectivity index is 1.84. The Morgan fingerprint density at radius 3 is 2.59 bits per heavy atom. The summed E-state index contributed by atoms with van der Waals surface area (Å²) in [6.07, 6.45) is 2.14. The van der Waals surface area contributed by atoms with Crippen LogP contribution < -0.4 is 4.90 Å². The van der Waals surface area contributed by atoms with Crippen LogP contribution in [0.2, 0.25) is 5.02 Å². The molecular weight excluding hydrogens is 392 g/mol. The maximum Gasteiger partial charge on any atom is 0.301 e. The van der Waals surface area contributed by atoms with Crippen molar-refractivity contribution in [2.75, 3.05) is 27.7 Å². The molecule has 0 bridgehead atoms. The number of carbonyl (C=O) groups excluding carboxylic acids is 2. The van der Waals surface area contributed by atoms with Gasteiger partial charge in [0.25, 0.3) is 5.91 Å². The number of quaternary nitrogens is 1. The van der Waals surface area contributed by atoms with Crippen molar-refractivity contribution in [3.05, 3.63) is 59.0 Å². The van der Waals surface area contributed by atoms with Crippen LogP contribution in [0.15, 0.2) is 52.2 Å². The number of benzene rings is 1. The highest BCUT2D eigenvalue weighted by Crippen LogP contribution is 2.33. The first-order valence-corrected chi connectivity index (χ1v) is 9.88. The monoisotopic (exact) mass is 417 g/mol. The number of amides is 2. The van der Waals surface area contributed by atoms with Crippen molar-refractivity contribution in [2.24, 2.45) is 5.10 Å². The Kier molecular flexibility index (Phi) is 6.39. The van der Waals surface area contributed by atoms with Crippen molar-refractivity contribution in [1.29, 1.82) is 0 Å². The number of furan rings is 1. The van der Waals surface area contributed by atoms with Gasteiger partial charge in [-0.1, -0.05) is 23.7 Å². The Bertz CT molecular complexity index is 893. The molecule has 0 saturated heterocycles. The van der Waals surface area contributed by atoms with E-state index in [4.69, 9.17) is 16.0 Å². The molecule has 2 amide bonds. The summed E-state index contributed by atoms with van der Waals surface area (Å²) in [5, 5.41) is 6.77. The average molecular weight is 418 g/mol. The van der Waals surface area contributed by atoms with Crippen LogP contribution in [0.3, 0.4) is 0 Å². The molecule has 3 rings (SSSR count). The summed E-state index contributed by atoms with van der Waals surface area (Å²) < 4.78 is 5.58. The topological polar surface area (TPSA) is 70.6 Å². The molecule has 1 unspecified atom stereocenters. The molecule has 0 fully saturated rings. The Morgan fingerprint density at radius 2 is 2.00 bits per heavy atom. The van der Waals surface area contributed by atoms with Crippen molar-refractivity contribution >= 4 is 29.1 Å². The van der Waals surface area contributed by atoms with Crippen molar-refractivity contribution < 1.29 is 18.9 Å². The lowest BCUT2D eigenvalue weighted by Crippen LogP contribution is -3.15. The lowest BCUT2D eigenvalue weighted by atomic mass is 10.0. The third-order valence-electron chi connectivity index (χ3n) is 5.22. The lowest BCUT2D eigenvalue weighted by Gasteiger charge is -2.26. The molecule has 0 saturated carbocycles. The molecule has 0 radical (unpaired) electrons. The van der Waals surface area contributed by atoms with E-state index in [9.17, 15) is 9.59 Å². The summed E-state index contributed by atoms with van der Waals surface area (Å²) >= 11 is 5.99. The van der Waals surface area contributed by atoms with Gasteiger partial charge in [0.2, 0.25) is 0 Å². The molecular formula is C21H26ClN4O3+. The van der Waals surface area contributed by atoms with E-state index in [2.05, 4.69) is 5.10 Å². The average Bonchev–Trinajstić information content (AvgIpc) is 3.36. The molecule has 2 aromatic rings. The summed E-state index contributed by atoms with van der Waals surface area (Å²) in [7, 11) is 5.25. The molecule has 0 aliphatic carbocycles. The smallest absolute Gasteiger partial charge is 0.301 e. The molecule has 1 aliphatic heterocycles. The molecule has 1 N–H and O–H groups in total. The predicted molar refractivity (Wildman–Crippen MR) is 111 cm³/mol. The van der Waals surface area contributed by atoms with E-state index in [0.29, 0.717) is 17.2 Å². The fraction of sp³-hybridized carbons (Fsp3) is 0.381. The van der Waals surface area contributed by atoms with Crippen LogP contribution in [-0.4, -0.2) is 61.2 Å². The van der Waals surface area contributed by atoms with Gasteiger partial charge in [-0.15, -0.1) is 0 Å². The second kappa shape index (κ2) is 8.80. The lowest BCUT2D eigenvalue weighted by molar-refractivity contribution is -0.886. The SMILES string of the molecule is C[C@H](C(=O)N1N=C(c2ccc(Cl)cc2)C[C@H]1c1ccco1)[NH+](C)CC(=O)N(C)C. The fourth-order valence-corrected chi connectivity index (χ4v) is 3.32. The molecule has 0 spiro atoms. The van der Waals surface area contributed by atoms with E-state index < -0.39 is 6.04 Å². The summed E-state index contributed by atoms with van der Waals surface area (Å²) in [4.78, 5) is 27.7. The number of likely N-dealkylation sites (N-methyl/N-ethyl adjacent to an activating group) is 2. The number of hydrogen-bond acceptors (Lipinski definition) is 4. The zero-order valence-corrected chi connectivity index (χ0v) is 17.8. The van der Waals surface area contributed by atoms with Crippen molar-refractivity contribution in [2.45, 2.75) is 25.4 Å². The summed E-state index contributed by atoms with van der Waals surface area (Å²) in [6.45, 7) is 2.04. The van der Waals surface area contributed by atoms with Crippen molar-refractivity contribution in [3.63, 3.8) is 0 Å². The number of nitrogens with one attached hydrogen (secondary N) is 1. The first kappa shape index (κ1) is 21.1. The van der Waals surface area contributed by atoms with Gasteiger partial charge in [-0.2, -0.15) is 5.10 Å². The van der Waals surface area contributed by atoms with Crippen LogP contribution >= 0.6 is 11.6 Å². The number of rotatable bonds is 6. The number of nitrogens with zero attached hydrogens (tertiary/aromatic N) is 3. The van der Waals surface area contributed by atoms with Crippen LogP contribution in [0.4, 0.5) is 0 Å². The van der Waals surface area contributed by atoms with E-state index in [-0.39, 0.29) is 24.4 Å². The third-order valence-corrected chi connectivity index (χ3v) is 5.48. The van der Waals surface area contributed by atoms with Crippen LogP contribution in [0.1, 0.15) is 30.7 Å². The standard InChI is InChI=1S/C21H25ClN4O3/c1-14(25(4)13-20(27)24(2)3)21(28)26-18(19-6-5-11-29-19)12-17(23-26)15-7-9-16(22)10-8-15/h5-11,14,18H,12-13H2,1-4H3/p+1/t14-,18+/m1/s1. The Labute approximate surface area is 175 Å². The maximum atomic E-state index is 13.3. The van der Waals surface area contributed by atoms with E-state index in [1.165, 1.54) is 9.91 Å². The third kappa shape index (κ3) is 4.68. The molecule has 1 aromatic carbocycles. The molecule has 7 nitrogen and oxygen atoms in total. The van der Waals surface area contributed by atoms with E-state index in [0.717, 1.165) is 16.2 Å². The maximum absolute atomic E-state index is 13.3. The van der Waals surface area contributed by atoms with Gasteiger partial charge in [0.1, 0.15) is 11.8 Å². The second-order valence-electron chi connectivity index (χ2n) is 7.50. The van der Waals surface area contributed by atoms with Gasteiger partial charge in [-0.25, -0.2) is 5.01 Å². The largest absolute Gasteiger partial charge is 0.467 e. The van der Waals surface area contributed by atoms with Crippen molar-refractivity contribution in [3.8, 4) is 0 Å². The minimum atomic E-state index is -0.440. The highest BCUT2D eigenvalue weighted by Gasteiger charge is 2.39. The highest BCUT2D eigenvalue weighted by atomic mass is 35.5. The fourth-order valence-electron chi connectivity index (χ4n) is 3.19. The Morgan fingerprint density at radius 1 is 1.31 bits per heavy atom. The molecule has 8 heteroatoms. The van der Waals surface area contributed by atoms with Crippen LogP contribution in [0.25, 0.3) is 0 Å². The number of hydrogen-bond donors (Lipinski definition) is 1. The van der Waals surface area contributed by atoms with Crippen LogP contribution in [0, 0.1) is 0 Å². The highest BCUT2D eigenvalue weighted by molar-refractivity contribution is 6.30. The van der Waals surface area contributed by atoms with Gasteiger partial charge in [-0.05, 0) is 36.8 Å². The minimum absolute atomic E-state index is 0.0310. The molecule has 29 heavy (non-hydrogen) atoms. The van der Waals surface area contributed by atoms with Crippen molar-refractivity contribution in [1.82, 2.24) is 9.91 Å². The molecule has 2 heterocycles. The molecule has 3 atom stereocenters. The van der Waals surface area contributed by atoms with E-state index in [1.54, 1.807) is 38.6 Å². The van der Waals surface area contributed by atoms with Gasteiger partial charge in [0.05, 0.1) is 19.0 Å². The normalized spacial score (nSPS) is 18.3. The second-order valence-corrected chi connectivity index (χ2v) is 7.94. The van der Waals surface area contributed by atoms with Gasteiger partial charge in [0.15, 0.2) is 12.6 Å². The molecule has 154 valence electrons. The quantitative estimate of drug-likeness (QED) is 0.776. The van der Waals surface area contributed by atoms with Crippen LogP contribution in [-0.2, 0) is 9.59 Å². The van der Waals surface area contributed by atoms with Gasteiger partial charge in [-0.3, -0.25) is 9.59 Å². The Hall–Kier alpha value is -2.64. The minimum Gasteiger partial charge on any atom is -0.467 e. The van der Waals surface area contributed by atoms with E-state index >= 15 is 0 Å². The van der Waals surface area contributed by atoms with Gasteiger partial charge in [0, 0.05) is 25.5 Å². The summed E-state index contributed by atoms with van der Waals surface area (Å²) in [6, 6.07) is 10.3. The van der Waals surface area contributed by atoms with Gasteiger partial charge >= 0.3 is 5.91 Å². The first-order valence-electron chi connectivity index (χ1n) is 9.50. The van der Waals surface area contributed by atoms with Crippen LogP contribution in [0.5, 0.6) is 0 Å². The number of halogens is 1. The zero-order valence-electron chi connectivity index (χ0n) is 17.1. The zero-order chi connectivity index (χ0) is 21.1. The van der Waals surface area contributed by atoms with E-state index in [1.807, 2.05) is 32.2 Å². The summed E-state index contributed by atoms with van der Waals surface area (Å²) in [5.74, 6) is 0.496.